The molecule has 0 aromatic heterocycles. The molecule has 0 heterocycles. The first-order valence-corrected chi connectivity index (χ1v) is 9.98. The first kappa shape index (κ1) is 21.2. The van der Waals surface area contributed by atoms with Crippen molar-refractivity contribution in [3.63, 3.8) is 0 Å². The number of amides is 1. The number of esters is 1. The Morgan fingerprint density at radius 2 is 1.40 bits per heavy atom. The fourth-order valence-corrected chi connectivity index (χ4v) is 3.26. The van der Waals surface area contributed by atoms with E-state index in [1.807, 2.05) is 60.7 Å². The van der Waals surface area contributed by atoms with Gasteiger partial charge in [-0.1, -0.05) is 60.7 Å². The fourth-order valence-electron chi connectivity index (χ4n) is 3.04. The molecule has 30 heavy (non-hydrogen) atoms. The monoisotopic (exact) mass is 418 g/mol. The summed E-state index contributed by atoms with van der Waals surface area (Å²) in [5.74, 6) is -1.10. The molecule has 0 saturated heterocycles. The van der Waals surface area contributed by atoms with Gasteiger partial charge in [0.2, 0.25) is 5.91 Å². The molecular formula is C24H22N2O3S. The Bertz CT molecular complexity index is 966. The van der Waals surface area contributed by atoms with E-state index in [4.69, 9.17) is 17.0 Å². The number of anilines is 1. The number of hydrogen-bond acceptors (Lipinski definition) is 4. The van der Waals surface area contributed by atoms with Crippen LogP contribution in [-0.2, 0) is 9.53 Å². The highest BCUT2D eigenvalue weighted by molar-refractivity contribution is 7.80. The average Bonchev–Trinajstić information content (AvgIpc) is 2.76. The van der Waals surface area contributed by atoms with Crippen LogP contribution in [0.1, 0.15) is 34.3 Å². The maximum Gasteiger partial charge on any atom is 0.338 e. The average molecular weight is 419 g/mol. The van der Waals surface area contributed by atoms with Gasteiger partial charge >= 0.3 is 5.97 Å². The molecule has 3 aromatic rings. The van der Waals surface area contributed by atoms with Crippen molar-refractivity contribution in [3.05, 3.63) is 102 Å². The summed E-state index contributed by atoms with van der Waals surface area (Å²) in [7, 11) is 0. The van der Waals surface area contributed by atoms with E-state index in [0.29, 0.717) is 17.9 Å². The Balaban J connectivity index is 1.70. The number of rotatable bonds is 6. The SMILES string of the molecule is CCOC(=O)c1ccc(NC(=S)NC(=O)C(c2ccccc2)c2ccccc2)cc1. The zero-order valence-electron chi connectivity index (χ0n) is 16.5. The number of hydrogen-bond donors (Lipinski definition) is 2. The van der Waals surface area contributed by atoms with Crippen LogP contribution < -0.4 is 10.6 Å². The topological polar surface area (TPSA) is 67.4 Å². The maximum atomic E-state index is 13.1. The Labute approximate surface area is 181 Å². The summed E-state index contributed by atoms with van der Waals surface area (Å²) in [6, 6.07) is 25.8. The van der Waals surface area contributed by atoms with Gasteiger partial charge in [-0.15, -0.1) is 0 Å². The van der Waals surface area contributed by atoms with Gasteiger partial charge in [-0.2, -0.15) is 0 Å². The van der Waals surface area contributed by atoms with E-state index in [1.165, 1.54) is 0 Å². The van der Waals surface area contributed by atoms with Crippen LogP contribution in [0.25, 0.3) is 0 Å². The minimum absolute atomic E-state index is 0.181. The van der Waals surface area contributed by atoms with Crippen LogP contribution in [0.15, 0.2) is 84.9 Å². The van der Waals surface area contributed by atoms with Crippen molar-refractivity contribution in [1.82, 2.24) is 5.32 Å². The van der Waals surface area contributed by atoms with E-state index >= 15 is 0 Å². The number of nitrogens with one attached hydrogen (secondary N) is 2. The van der Waals surface area contributed by atoms with E-state index in [0.717, 1.165) is 11.1 Å². The molecule has 0 bridgehead atoms. The number of carbonyl (C=O) groups excluding carboxylic acids is 2. The Morgan fingerprint density at radius 3 is 1.90 bits per heavy atom. The first-order valence-electron chi connectivity index (χ1n) is 9.57. The molecule has 0 aliphatic carbocycles. The lowest BCUT2D eigenvalue weighted by Gasteiger charge is -2.18. The summed E-state index contributed by atoms with van der Waals surface area (Å²) >= 11 is 5.32. The molecule has 152 valence electrons. The number of carbonyl (C=O) groups is 2. The lowest BCUT2D eigenvalue weighted by Crippen LogP contribution is -2.37. The molecule has 0 spiro atoms. The van der Waals surface area contributed by atoms with Gasteiger partial charge in [0.05, 0.1) is 18.1 Å². The maximum absolute atomic E-state index is 13.1. The van der Waals surface area contributed by atoms with Gasteiger partial charge in [-0.25, -0.2) is 4.79 Å². The fraction of sp³-hybridized carbons (Fsp3) is 0.125. The molecule has 0 unspecified atom stereocenters. The summed E-state index contributed by atoms with van der Waals surface area (Å²) in [4.78, 5) is 24.8. The largest absolute Gasteiger partial charge is 0.462 e. The Morgan fingerprint density at radius 1 is 0.867 bits per heavy atom. The molecule has 0 aliphatic heterocycles. The van der Waals surface area contributed by atoms with Crippen molar-refractivity contribution in [2.75, 3.05) is 11.9 Å². The van der Waals surface area contributed by atoms with Crippen LogP contribution in [0.5, 0.6) is 0 Å². The summed E-state index contributed by atoms with van der Waals surface area (Å²) in [5.41, 5.74) is 2.86. The number of ether oxygens (including phenoxy) is 1. The molecule has 6 heteroatoms. The summed E-state index contributed by atoms with van der Waals surface area (Å²) in [6.07, 6.45) is 0. The number of benzene rings is 3. The van der Waals surface area contributed by atoms with Crippen molar-refractivity contribution >= 4 is 34.9 Å². The minimum atomic E-state index is -0.488. The number of thiocarbonyl (C=S) groups is 1. The van der Waals surface area contributed by atoms with Crippen LogP contribution in [0.2, 0.25) is 0 Å². The van der Waals surface area contributed by atoms with Crippen LogP contribution in [0, 0.1) is 0 Å². The second kappa shape index (κ2) is 10.3. The molecule has 5 nitrogen and oxygen atoms in total. The normalized spacial score (nSPS) is 10.3. The molecule has 3 rings (SSSR count). The molecular weight excluding hydrogens is 396 g/mol. The lowest BCUT2D eigenvalue weighted by atomic mass is 9.90. The second-order valence-electron chi connectivity index (χ2n) is 6.50. The van der Waals surface area contributed by atoms with E-state index in [9.17, 15) is 9.59 Å². The quantitative estimate of drug-likeness (QED) is 0.455. The van der Waals surface area contributed by atoms with Gasteiger partial charge in [-0.3, -0.25) is 4.79 Å². The van der Waals surface area contributed by atoms with E-state index < -0.39 is 5.92 Å². The summed E-state index contributed by atoms with van der Waals surface area (Å²) in [5, 5.41) is 5.93. The molecule has 1 amide bonds. The van der Waals surface area contributed by atoms with Crippen LogP contribution in [0.3, 0.4) is 0 Å². The Kier molecular flexibility index (Phi) is 7.29. The molecule has 2 N–H and O–H groups in total. The molecule has 0 aliphatic rings. The van der Waals surface area contributed by atoms with E-state index in [-0.39, 0.29) is 17.0 Å². The van der Waals surface area contributed by atoms with Crippen molar-refractivity contribution in [1.29, 1.82) is 0 Å². The van der Waals surface area contributed by atoms with Gasteiger partial charge in [0, 0.05) is 5.69 Å². The molecule has 0 atom stereocenters. The van der Waals surface area contributed by atoms with Crippen LogP contribution in [0.4, 0.5) is 5.69 Å². The predicted molar refractivity (Wildman–Crippen MR) is 121 cm³/mol. The highest BCUT2D eigenvalue weighted by Crippen LogP contribution is 2.24. The van der Waals surface area contributed by atoms with Crippen molar-refractivity contribution in [2.45, 2.75) is 12.8 Å². The van der Waals surface area contributed by atoms with Crippen LogP contribution >= 0.6 is 12.2 Å². The highest BCUT2D eigenvalue weighted by Gasteiger charge is 2.23. The summed E-state index contributed by atoms with van der Waals surface area (Å²) < 4.78 is 4.97. The third-order valence-corrected chi connectivity index (χ3v) is 4.62. The standard InChI is InChI=1S/C24H22N2O3S/c1-2-29-23(28)19-13-15-20(16-14-19)25-24(30)26-22(27)21(17-9-5-3-6-10-17)18-11-7-4-8-12-18/h3-16,21H,2H2,1H3,(H2,25,26,27,30). The van der Waals surface area contributed by atoms with Gasteiger partial charge < -0.3 is 15.4 Å². The summed E-state index contributed by atoms with van der Waals surface area (Å²) in [6.45, 7) is 2.08. The predicted octanol–water partition coefficient (Wildman–Crippen LogP) is 4.51. The lowest BCUT2D eigenvalue weighted by molar-refractivity contribution is -0.120. The molecule has 0 radical (unpaired) electrons. The Hall–Kier alpha value is -3.51. The van der Waals surface area contributed by atoms with Gasteiger partial charge in [-0.05, 0) is 54.5 Å². The van der Waals surface area contributed by atoms with E-state index in [2.05, 4.69) is 10.6 Å². The zero-order valence-corrected chi connectivity index (χ0v) is 17.3. The molecule has 0 fully saturated rings. The first-order chi connectivity index (χ1) is 14.6. The third-order valence-electron chi connectivity index (χ3n) is 4.42. The van der Waals surface area contributed by atoms with Crippen molar-refractivity contribution in [3.8, 4) is 0 Å². The van der Waals surface area contributed by atoms with E-state index in [1.54, 1.807) is 31.2 Å². The molecule has 3 aromatic carbocycles. The van der Waals surface area contributed by atoms with Crippen LogP contribution in [-0.4, -0.2) is 23.6 Å². The second-order valence-corrected chi connectivity index (χ2v) is 6.90. The van der Waals surface area contributed by atoms with Gasteiger partial charge in [0.25, 0.3) is 0 Å². The smallest absolute Gasteiger partial charge is 0.338 e. The van der Waals surface area contributed by atoms with Crippen molar-refractivity contribution < 1.29 is 14.3 Å². The van der Waals surface area contributed by atoms with Crippen molar-refractivity contribution in [2.24, 2.45) is 0 Å². The highest BCUT2D eigenvalue weighted by atomic mass is 32.1. The van der Waals surface area contributed by atoms with Gasteiger partial charge in [0.1, 0.15) is 0 Å². The zero-order chi connectivity index (χ0) is 21.3. The van der Waals surface area contributed by atoms with Gasteiger partial charge in [0.15, 0.2) is 5.11 Å². The minimum Gasteiger partial charge on any atom is -0.462 e. The third kappa shape index (κ3) is 5.52. The molecule has 0 saturated carbocycles.